The molecule has 8 heteroatoms. The lowest BCUT2D eigenvalue weighted by Crippen LogP contribution is -1.99. The molecule has 2 heterocycles. The molecule has 0 aliphatic heterocycles. The molecular weight excluding hydrogens is 340 g/mol. The van der Waals surface area contributed by atoms with E-state index in [4.69, 9.17) is 0 Å². The fraction of sp³-hybridized carbons (Fsp3) is 0.167. The number of benzene rings is 1. The van der Waals surface area contributed by atoms with E-state index in [1.54, 1.807) is 10.9 Å². The topological polar surface area (TPSA) is 61.4 Å². The van der Waals surface area contributed by atoms with Gasteiger partial charge in [0, 0.05) is 4.47 Å². The van der Waals surface area contributed by atoms with Crippen molar-refractivity contribution in [1.29, 1.82) is 0 Å². The standard InChI is InChI=1S/C12H11BrN6S/c1-2-18-16-11(15-17-18)8-7-14-19(12(8)20)10-6-4-3-5-9(10)13/h3-7,20H,2H2,1H3. The highest BCUT2D eigenvalue weighted by Crippen LogP contribution is 2.28. The lowest BCUT2D eigenvalue weighted by molar-refractivity contribution is 0.552. The molecule has 0 radical (unpaired) electrons. The highest BCUT2D eigenvalue weighted by molar-refractivity contribution is 9.10. The summed E-state index contributed by atoms with van der Waals surface area (Å²) >= 11 is 8.04. The Kier molecular flexibility index (Phi) is 3.58. The lowest BCUT2D eigenvalue weighted by atomic mass is 10.3. The van der Waals surface area contributed by atoms with Crippen LogP contribution in [0, 0.1) is 0 Å². The molecular formula is C12H11BrN6S. The van der Waals surface area contributed by atoms with Crippen molar-refractivity contribution in [3.8, 4) is 17.1 Å². The average Bonchev–Trinajstić information content (AvgIpc) is 3.06. The molecule has 1 aromatic carbocycles. The highest BCUT2D eigenvalue weighted by atomic mass is 79.9. The zero-order valence-electron chi connectivity index (χ0n) is 10.6. The zero-order chi connectivity index (χ0) is 14.1. The largest absolute Gasteiger partial charge is 0.226 e. The maximum atomic E-state index is 4.53. The Morgan fingerprint density at radius 3 is 2.80 bits per heavy atom. The third kappa shape index (κ3) is 2.25. The minimum atomic E-state index is 0.523. The van der Waals surface area contributed by atoms with E-state index in [2.05, 4.69) is 49.1 Å². The summed E-state index contributed by atoms with van der Waals surface area (Å²) in [6, 6.07) is 7.80. The maximum absolute atomic E-state index is 4.53. The second-order valence-corrected chi connectivity index (χ2v) is 5.32. The first-order chi connectivity index (χ1) is 9.70. The third-order valence-corrected chi connectivity index (χ3v) is 3.90. The first kappa shape index (κ1) is 13.3. The van der Waals surface area contributed by atoms with Gasteiger partial charge in [0.1, 0.15) is 5.03 Å². The number of hydrogen-bond acceptors (Lipinski definition) is 5. The molecule has 0 aliphatic carbocycles. The summed E-state index contributed by atoms with van der Waals surface area (Å²) in [6.45, 7) is 2.63. The average molecular weight is 351 g/mol. The van der Waals surface area contributed by atoms with Gasteiger partial charge in [-0.15, -0.1) is 22.8 Å². The summed E-state index contributed by atoms with van der Waals surface area (Å²) < 4.78 is 2.67. The fourth-order valence-corrected chi connectivity index (χ4v) is 2.55. The summed E-state index contributed by atoms with van der Waals surface area (Å²) in [7, 11) is 0. The van der Waals surface area contributed by atoms with Crippen LogP contribution in [0.5, 0.6) is 0 Å². The van der Waals surface area contributed by atoms with Crippen LogP contribution in [0.4, 0.5) is 0 Å². The Hall–Kier alpha value is -1.67. The van der Waals surface area contributed by atoms with Gasteiger partial charge in [0.15, 0.2) is 0 Å². The van der Waals surface area contributed by atoms with E-state index in [9.17, 15) is 0 Å². The molecule has 2 aromatic heterocycles. The van der Waals surface area contributed by atoms with Crippen LogP contribution in [0.25, 0.3) is 17.1 Å². The summed E-state index contributed by atoms with van der Waals surface area (Å²) in [4.78, 5) is 1.53. The summed E-state index contributed by atoms with van der Waals surface area (Å²) in [6.07, 6.45) is 1.69. The van der Waals surface area contributed by atoms with Crippen molar-refractivity contribution in [1.82, 2.24) is 30.0 Å². The van der Waals surface area contributed by atoms with Crippen LogP contribution in [0.1, 0.15) is 6.92 Å². The Morgan fingerprint density at radius 2 is 2.10 bits per heavy atom. The Balaban J connectivity index is 2.07. The van der Waals surface area contributed by atoms with Crippen LogP contribution in [-0.2, 0) is 6.54 Å². The SMILES string of the molecule is CCn1nnc(-c2cnn(-c3ccccc3Br)c2S)n1. The van der Waals surface area contributed by atoms with Gasteiger partial charge in [0.2, 0.25) is 5.82 Å². The van der Waals surface area contributed by atoms with Crippen LogP contribution in [0.2, 0.25) is 0 Å². The van der Waals surface area contributed by atoms with Crippen molar-refractivity contribution < 1.29 is 0 Å². The molecule has 0 aliphatic rings. The van der Waals surface area contributed by atoms with Crippen molar-refractivity contribution in [2.45, 2.75) is 18.5 Å². The van der Waals surface area contributed by atoms with E-state index < -0.39 is 0 Å². The van der Waals surface area contributed by atoms with E-state index in [-0.39, 0.29) is 0 Å². The number of tetrazole rings is 1. The van der Waals surface area contributed by atoms with Crippen LogP contribution in [-0.4, -0.2) is 30.0 Å². The van der Waals surface area contributed by atoms with Gasteiger partial charge >= 0.3 is 0 Å². The zero-order valence-corrected chi connectivity index (χ0v) is 13.1. The predicted octanol–water partition coefficient (Wildman–Crippen LogP) is 2.60. The molecule has 0 saturated heterocycles. The minimum absolute atomic E-state index is 0.523. The van der Waals surface area contributed by atoms with Gasteiger partial charge in [-0.2, -0.15) is 9.90 Å². The number of nitrogens with zero attached hydrogens (tertiary/aromatic N) is 6. The van der Waals surface area contributed by atoms with Gasteiger partial charge in [-0.25, -0.2) is 4.68 Å². The van der Waals surface area contributed by atoms with Gasteiger partial charge in [0.05, 0.1) is 24.0 Å². The normalized spacial score (nSPS) is 10.9. The Labute approximate surface area is 129 Å². The van der Waals surface area contributed by atoms with Gasteiger partial charge < -0.3 is 0 Å². The number of aryl methyl sites for hydroxylation is 1. The molecule has 0 atom stereocenters. The van der Waals surface area contributed by atoms with E-state index in [1.165, 1.54) is 4.80 Å². The molecule has 0 N–H and O–H groups in total. The highest BCUT2D eigenvalue weighted by Gasteiger charge is 2.16. The Morgan fingerprint density at radius 1 is 1.30 bits per heavy atom. The van der Waals surface area contributed by atoms with Crippen LogP contribution < -0.4 is 0 Å². The molecule has 0 bridgehead atoms. The second-order valence-electron chi connectivity index (χ2n) is 4.05. The van der Waals surface area contributed by atoms with Crippen molar-refractivity contribution in [2.24, 2.45) is 0 Å². The maximum Gasteiger partial charge on any atom is 0.209 e. The van der Waals surface area contributed by atoms with Crippen LogP contribution in [0.3, 0.4) is 0 Å². The first-order valence-electron chi connectivity index (χ1n) is 6.00. The van der Waals surface area contributed by atoms with E-state index in [0.29, 0.717) is 17.4 Å². The monoisotopic (exact) mass is 350 g/mol. The summed E-state index contributed by atoms with van der Waals surface area (Å²) in [5, 5.41) is 17.3. The number of rotatable bonds is 3. The lowest BCUT2D eigenvalue weighted by Gasteiger charge is -2.05. The van der Waals surface area contributed by atoms with Crippen LogP contribution in [0.15, 0.2) is 40.0 Å². The van der Waals surface area contributed by atoms with E-state index in [1.807, 2.05) is 31.2 Å². The molecule has 0 unspecified atom stereocenters. The summed E-state index contributed by atoms with van der Waals surface area (Å²) in [5.74, 6) is 0.523. The number of para-hydroxylation sites is 1. The molecule has 0 fully saturated rings. The molecule has 102 valence electrons. The third-order valence-electron chi connectivity index (χ3n) is 2.80. The van der Waals surface area contributed by atoms with Gasteiger partial charge in [-0.05, 0) is 40.2 Å². The second kappa shape index (κ2) is 5.37. The van der Waals surface area contributed by atoms with Crippen molar-refractivity contribution in [3.63, 3.8) is 0 Å². The number of thiol groups is 1. The van der Waals surface area contributed by atoms with E-state index >= 15 is 0 Å². The molecule has 6 nitrogen and oxygen atoms in total. The van der Waals surface area contributed by atoms with Crippen LogP contribution >= 0.6 is 28.6 Å². The summed E-state index contributed by atoms with van der Waals surface area (Å²) in [5.41, 5.74) is 1.66. The van der Waals surface area contributed by atoms with E-state index in [0.717, 1.165) is 15.7 Å². The van der Waals surface area contributed by atoms with Gasteiger partial charge in [-0.3, -0.25) is 0 Å². The number of hydrogen-bond donors (Lipinski definition) is 1. The molecule has 3 rings (SSSR count). The number of halogens is 1. The molecule has 20 heavy (non-hydrogen) atoms. The van der Waals surface area contributed by atoms with Gasteiger partial charge in [-0.1, -0.05) is 12.1 Å². The first-order valence-corrected chi connectivity index (χ1v) is 7.24. The fourth-order valence-electron chi connectivity index (χ4n) is 1.78. The molecule has 3 aromatic rings. The quantitative estimate of drug-likeness (QED) is 0.737. The smallest absolute Gasteiger partial charge is 0.209 e. The molecule has 0 amide bonds. The molecule has 0 spiro atoms. The predicted molar refractivity (Wildman–Crippen MR) is 81.0 cm³/mol. The van der Waals surface area contributed by atoms with Crippen molar-refractivity contribution >= 4 is 28.6 Å². The van der Waals surface area contributed by atoms with Crippen molar-refractivity contribution in [2.75, 3.05) is 0 Å². The van der Waals surface area contributed by atoms with Gasteiger partial charge in [0.25, 0.3) is 0 Å². The Bertz CT molecular complexity index is 750. The minimum Gasteiger partial charge on any atom is -0.226 e. The number of aromatic nitrogens is 6. The van der Waals surface area contributed by atoms with Crippen molar-refractivity contribution in [3.05, 3.63) is 34.9 Å². The molecule has 0 saturated carbocycles.